The second kappa shape index (κ2) is 11.3. The van der Waals surface area contributed by atoms with E-state index in [2.05, 4.69) is 5.32 Å². The maximum atomic E-state index is 13.6. The van der Waals surface area contributed by atoms with Crippen molar-refractivity contribution >= 4 is 27.5 Å². The lowest BCUT2D eigenvalue weighted by atomic mass is 10.1. The van der Waals surface area contributed by atoms with Crippen LogP contribution < -0.4 is 9.62 Å². The largest absolute Gasteiger partial charge is 0.357 e. The minimum Gasteiger partial charge on any atom is -0.357 e. The van der Waals surface area contributed by atoms with E-state index >= 15 is 0 Å². The van der Waals surface area contributed by atoms with Gasteiger partial charge in [0.05, 0.1) is 10.6 Å². The van der Waals surface area contributed by atoms with Gasteiger partial charge in [0, 0.05) is 13.6 Å². The number of likely N-dealkylation sites (N-methyl/N-ethyl adjacent to an activating group) is 1. The van der Waals surface area contributed by atoms with E-state index in [1.54, 1.807) is 24.3 Å². The first-order valence-electron chi connectivity index (χ1n) is 11.1. The molecule has 0 unspecified atom stereocenters. The molecule has 1 N–H and O–H groups in total. The van der Waals surface area contributed by atoms with Crippen LogP contribution in [-0.4, -0.2) is 44.8 Å². The second-order valence-electron chi connectivity index (χ2n) is 8.24. The van der Waals surface area contributed by atoms with Gasteiger partial charge >= 0.3 is 0 Å². The number of hydrogen-bond acceptors (Lipinski definition) is 4. The molecule has 0 radical (unpaired) electrons. The van der Waals surface area contributed by atoms with Crippen LogP contribution in [0.15, 0.2) is 77.7 Å². The summed E-state index contributed by atoms with van der Waals surface area (Å²) in [5, 5.41) is 2.49. The molecule has 2 amide bonds. The summed E-state index contributed by atoms with van der Waals surface area (Å²) >= 11 is 0. The summed E-state index contributed by atoms with van der Waals surface area (Å²) in [4.78, 5) is 27.0. The zero-order valence-corrected chi connectivity index (χ0v) is 20.9. The van der Waals surface area contributed by atoms with E-state index in [4.69, 9.17) is 0 Å². The van der Waals surface area contributed by atoms with Crippen molar-refractivity contribution in [3.8, 4) is 0 Å². The van der Waals surface area contributed by atoms with Crippen LogP contribution in [0.25, 0.3) is 0 Å². The number of nitrogens with one attached hydrogen (secondary N) is 1. The maximum absolute atomic E-state index is 13.6. The highest BCUT2D eigenvalue weighted by Crippen LogP contribution is 2.25. The summed E-state index contributed by atoms with van der Waals surface area (Å²) < 4.78 is 54.9. The minimum absolute atomic E-state index is 0.0496. The van der Waals surface area contributed by atoms with E-state index in [-0.39, 0.29) is 17.1 Å². The SMILES string of the molecule is CNC(=O)[C@H](C)N(Cc1ccc(F)cc1)C(=O)CN(c1ccc(C)cc1)S(=O)(=O)c1ccc(F)cc1. The predicted octanol–water partition coefficient (Wildman–Crippen LogP) is 3.63. The van der Waals surface area contributed by atoms with Gasteiger partial charge in [-0.15, -0.1) is 0 Å². The molecule has 10 heteroatoms. The van der Waals surface area contributed by atoms with Crippen LogP contribution in [0.4, 0.5) is 14.5 Å². The molecule has 3 rings (SSSR count). The molecule has 1 atom stereocenters. The number of hydrogen-bond donors (Lipinski definition) is 1. The smallest absolute Gasteiger partial charge is 0.264 e. The fourth-order valence-corrected chi connectivity index (χ4v) is 4.97. The monoisotopic (exact) mass is 515 g/mol. The number of rotatable bonds is 9. The number of nitrogens with zero attached hydrogens (tertiary/aromatic N) is 2. The number of aryl methyl sites for hydroxylation is 1. The van der Waals surface area contributed by atoms with Gasteiger partial charge in [-0.25, -0.2) is 17.2 Å². The van der Waals surface area contributed by atoms with E-state index in [0.29, 0.717) is 5.56 Å². The molecular weight excluding hydrogens is 488 g/mol. The van der Waals surface area contributed by atoms with Crippen molar-refractivity contribution in [2.45, 2.75) is 31.3 Å². The number of sulfonamides is 1. The highest BCUT2D eigenvalue weighted by molar-refractivity contribution is 7.92. The number of carbonyl (C=O) groups excluding carboxylic acids is 2. The molecule has 0 fully saturated rings. The number of amides is 2. The number of anilines is 1. The number of halogens is 2. The number of carbonyl (C=O) groups is 2. The average Bonchev–Trinajstić information content (AvgIpc) is 2.86. The zero-order valence-electron chi connectivity index (χ0n) is 20.1. The van der Waals surface area contributed by atoms with E-state index in [1.165, 1.54) is 43.1 Å². The van der Waals surface area contributed by atoms with E-state index < -0.39 is 46.1 Å². The molecule has 0 saturated carbocycles. The predicted molar refractivity (Wildman–Crippen MR) is 133 cm³/mol. The Balaban J connectivity index is 2.01. The zero-order chi connectivity index (χ0) is 26.5. The van der Waals surface area contributed by atoms with Crippen molar-refractivity contribution < 1.29 is 26.8 Å². The summed E-state index contributed by atoms with van der Waals surface area (Å²) in [5.41, 5.74) is 1.67. The molecule has 7 nitrogen and oxygen atoms in total. The van der Waals surface area contributed by atoms with Gasteiger partial charge in [-0.2, -0.15) is 0 Å². The van der Waals surface area contributed by atoms with Crippen LogP contribution in [0.3, 0.4) is 0 Å². The third-order valence-electron chi connectivity index (χ3n) is 5.68. The fraction of sp³-hybridized carbons (Fsp3) is 0.231. The van der Waals surface area contributed by atoms with Crippen molar-refractivity contribution in [2.75, 3.05) is 17.9 Å². The third-order valence-corrected chi connectivity index (χ3v) is 7.47. The standard InChI is InChI=1S/C26H27F2N3O4S/c1-18-4-12-23(13-5-18)31(36(34,35)24-14-10-22(28)11-15-24)17-25(32)30(19(2)26(33)29-3)16-20-6-8-21(27)9-7-20/h4-15,19H,16-17H2,1-3H3,(H,29,33)/t19-/m0/s1. The quantitative estimate of drug-likeness (QED) is 0.472. The third kappa shape index (κ3) is 6.25. The molecule has 36 heavy (non-hydrogen) atoms. The highest BCUT2D eigenvalue weighted by Gasteiger charge is 2.32. The molecule has 0 aromatic heterocycles. The number of benzene rings is 3. The highest BCUT2D eigenvalue weighted by atomic mass is 32.2. The summed E-state index contributed by atoms with van der Waals surface area (Å²) in [6.07, 6.45) is 0. The van der Waals surface area contributed by atoms with Crippen molar-refractivity contribution in [3.05, 3.63) is 95.6 Å². The Morgan fingerprint density at radius 3 is 1.94 bits per heavy atom. The first-order chi connectivity index (χ1) is 17.0. The van der Waals surface area contributed by atoms with Gasteiger partial charge in [0.15, 0.2) is 0 Å². The molecule has 0 bridgehead atoms. The summed E-state index contributed by atoms with van der Waals surface area (Å²) in [6.45, 7) is 2.69. The van der Waals surface area contributed by atoms with Crippen LogP contribution in [0.5, 0.6) is 0 Å². The second-order valence-corrected chi connectivity index (χ2v) is 10.1. The maximum Gasteiger partial charge on any atom is 0.264 e. The molecular formula is C26H27F2N3O4S. The Kier molecular flexibility index (Phi) is 8.41. The Morgan fingerprint density at radius 1 is 0.889 bits per heavy atom. The van der Waals surface area contributed by atoms with Gasteiger partial charge in [-0.1, -0.05) is 29.8 Å². The van der Waals surface area contributed by atoms with Crippen LogP contribution in [0.1, 0.15) is 18.1 Å². The minimum atomic E-state index is -4.27. The van der Waals surface area contributed by atoms with E-state index in [9.17, 15) is 26.8 Å². The van der Waals surface area contributed by atoms with Crippen LogP contribution >= 0.6 is 0 Å². The van der Waals surface area contributed by atoms with Gasteiger partial charge in [0.1, 0.15) is 24.2 Å². The van der Waals surface area contributed by atoms with Gasteiger partial charge in [-0.3, -0.25) is 13.9 Å². The Bertz CT molecular complexity index is 1310. The molecule has 3 aromatic rings. The average molecular weight is 516 g/mol. The van der Waals surface area contributed by atoms with Crippen LogP contribution in [0.2, 0.25) is 0 Å². The van der Waals surface area contributed by atoms with Gasteiger partial charge in [0.2, 0.25) is 11.8 Å². The van der Waals surface area contributed by atoms with Crippen molar-refractivity contribution in [1.82, 2.24) is 10.2 Å². The molecule has 0 saturated heterocycles. The Labute approximate surface area is 209 Å². The lowest BCUT2D eigenvalue weighted by molar-refractivity contribution is -0.139. The summed E-state index contributed by atoms with van der Waals surface area (Å²) in [5.74, 6) is -2.15. The van der Waals surface area contributed by atoms with E-state index in [1.807, 2.05) is 6.92 Å². The first kappa shape index (κ1) is 26.8. The van der Waals surface area contributed by atoms with Gasteiger partial charge < -0.3 is 10.2 Å². The van der Waals surface area contributed by atoms with Gasteiger partial charge in [0.25, 0.3) is 10.0 Å². The Hall–Kier alpha value is -3.79. The van der Waals surface area contributed by atoms with Crippen LogP contribution in [0, 0.1) is 18.6 Å². The fourth-order valence-electron chi connectivity index (χ4n) is 3.55. The molecule has 0 spiro atoms. The Morgan fingerprint density at radius 2 is 1.42 bits per heavy atom. The normalized spacial score (nSPS) is 12.0. The van der Waals surface area contributed by atoms with Crippen molar-refractivity contribution in [2.24, 2.45) is 0 Å². The molecule has 0 heterocycles. The summed E-state index contributed by atoms with van der Waals surface area (Å²) in [7, 11) is -2.85. The van der Waals surface area contributed by atoms with Crippen molar-refractivity contribution in [3.63, 3.8) is 0 Å². The van der Waals surface area contributed by atoms with Crippen molar-refractivity contribution in [1.29, 1.82) is 0 Å². The molecule has 190 valence electrons. The molecule has 0 aliphatic carbocycles. The van der Waals surface area contributed by atoms with E-state index in [0.717, 1.165) is 34.1 Å². The molecule has 0 aliphatic heterocycles. The first-order valence-corrected chi connectivity index (χ1v) is 12.6. The molecule has 0 aliphatic rings. The lowest BCUT2D eigenvalue weighted by Crippen LogP contribution is -2.50. The lowest BCUT2D eigenvalue weighted by Gasteiger charge is -2.31. The molecule has 3 aromatic carbocycles. The summed E-state index contributed by atoms with van der Waals surface area (Å²) in [6, 6.07) is 15.3. The van der Waals surface area contributed by atoms with Gasteiger partial charge in [-0.05, 0) is 67.9 Å². The topological polar surface area (TPSA) is 86.8 Å². The van der Waals surface area contributed by atoms with Crippen LogP contribution in [-0.2, 0) is 26.2 Å².